The van der Waals surface area contributed by atoms with Crippen LogP contribution in [0.5, 0.6) is 0 Å². The summed E-state index contributed by atoms with van der Waals surface area (Å²) >= 11 is 0. The number of likely N-dealkylation sites (tertiary alicyclic amines) is 1. The Kier molecular flexibility index (Phi) is 12.4. The quantitative estimate of drug-likeness (QED) is 0.174. The van der Waals surface area contributed by atoms with Crippen molar-refractivity contribution in [3.05, 3.63) is 71.8 Å². The molecule has 5 amide bonds. The second-order valence-electron chi connectivity index (χ2n) is 11.8. The van der Waals surface area contributed by atoms with E-state index < -0.39 is 72.0 Å². The fourth-order valence-electron chi connectivity index (χ4n) is 4.86. The summed E-state index contributed by atoms with van der Waals surface area (Å²) in [6.07, 6.45) is -3.30. The van der Waals surface area contributed by atoms with Crippen LogP contribution in [0.25, 0.3) is 0 Å². The lowest BCUT2D eigenvalue weighted by atomic mass is 9.97. The van der Waals surface area contributed by atoms with Gasteiger partial charge in [-0.15, -0.1) is 0 Å². The number of alkyl carbamates (subject to hydrolysis) is 1. The van der Waals surface area contributed by atoms with E-state index >= 15 is 0 Å². The highest BCUT2D eigenvalue weighted by Crippen LogP contribution is 2.22. The molecule has 0 spiro atoms. The Labute approximate surface area is 262 Å². The van der Waals surface area contributed by atoms with Gasteiger partial charge in [-0.1, -0.05) is 60.7 Å². The minimum atomic E-state index is -1.79. The third-order valence-electron chi connectivity index (χ3n) is 7.82. The fourth-order valence-corrected chi connectivity index (χ4v) is 4.86. The van der Waals surface area contributed by atoms with Gasteiger partial charge in [-0.05, 0) is 51.2 Å². The van der Waals surface area contributed by atoms with Crippen molar-refractivity contribution in [3.8, 4) is 0 Å². The summed E-state index contributed by atoms with van der Waals surface area (Å²) in [4.78, 5) is 65.8. The molecule has 1 aliphatic heterocycles. The smallest absolute Gasteiger partial charge is 0.408 e. The van der Waals surface area contributed by atoms with E-state index in [1.807, 2.05) is 0 Å². The van der Waals surface area contributed by atoms with Crippen molar-refractivity contribution >= 4 is 29.7 Å². The van der Waals surface area contributed by atoms with Crippen molar-refractivity contribution in [2.75, 3.05) is 6.54 Å². The zero-order valence-corrected chi connectivity index (χ0v) is 25.8. The molecule has 0 aromatic heterocycles. The summed E-state index contributed by atoms with van der Waals surface area (Å²) in [5.41, 5.74) is 5.78. The zero-order chi connectivity index (χ0) is 33.1. The van der Waals surface area contributed by atoms with Crippen molar-refractivity contribution in [3.63, 3.8) is 0 Å². The van der Waals surface area contributed by atoms with E-state index in [0.29, 0.717) is 24.0 Å². The first-order valence-corrected chi connectivity index (χ1v) is 14.9. The Balaban J connectivity index is 1.77. The predicted octanol–water partition coefficient (Wildman–Crippen LogP) is 0.512. The van der Waals surface area contributed by atoms with Crippen LogP contribution in [0.15, 0.2) is 60.7 Å². The van der Waals surface area contributed by atoms with E-state index in [1.54, 1.807) is 81.4 Å². The molecule has 1 fully saturated rings. The van der Waals surface area contributed by atoms with Crippen LogP contribution < -0.4 is 21.7 Å². The molecule has 0 aliphatic carbocycles. The number of nitrogens with one attached hydrogen (secondary N) is 3. The van der Waals surface area contributed by atoms with Gasteiger partial charge in [-0.25, -0.2) is 4.79 Å². The molecule has 1 saturated heterocycles. The molecule has 3 unspecified atom stereocenters. The number of hydrogen-bond acceptors (Lipinski definition) is 8. The maximum atomic E-state index is 13.6. The van der Waals surface area contributed by atoms with Gasteiger partial charge in [0.25, 0.3) is 5.91 Å². The van der Waals surface area contributed by atoms with Crippen LogP contribution in [0.3, 0.4) is 0 Å². The lowest BCUT2D eigenvalue weighted by molar-refractivity contribution is -0.147. The number of nitrogens with zero attached hydrogens (tertiary/aromatic N) is 1. The summed E-state index contributed by atoms with van der Waals surface area (Å²) in [5.74, 6) is -2.99. The van der Waals surface area contributed by atoms with Gasteiger partial charge < -0.3 is 41.5 Å². The first-order valence-electron chi connectivity index (χ1n) is 14.9. The van der Waals surface area contributed by atoms with E-state index in [2.05, 4.69) is 16.0 Å². The van der Waals surface area contributed by atoms with E-state index in [1.165, 1.54) is 4.90 Å². The standard InChI is InChI=1S/C32H43N5O8/c1-20(38)32(2,3)36-29(42)25-15-10-16-37(25)30(43)27(40)23(17-21-11-6-4-7-12-21)34-28(41)24(18-26(33)39)35-31(44)45-19-22-13-8-5-9-14-22/h4-9,11-14,20,23-25,27,38,40H,10,15-19H2,1-3H3,(H2,33,39)(H,34,41)(H,35,44)(H,36,42)/t20?,23?,24-,25-,27?/m0/s1. The number of carbonyl (C=O) groups is 5. The second-order valence-corrected chi connectivity index (χ2v) is 11.8. The van der Waals surface area contributed by atoms with Gasteiger partial charge in [0.2, 0.25) is 17.7 Å². The SMILES string of the molecule is CC(O)C(C)(C)NC(=O)[C@@H]1CCCN1C(=O)C(O)C(Cc1ccccc1)NC(=O)[C@H](CC(N)=O)NC(=O)OCc1ccccc1. The van der Waals surface area contributed by atoms with E-state index in [-0.39, 0.29) is 19.6 Å². The fraction of sp³-hybridized carbons (Fsp3) is 0.469. The second kappa shape index (κ2) is 16.0. The summed E-state index contributed by atoms with van der Waals surface area (Å²) < 4.78 is 5.18. The largest absolute Gasteiger partial charge is 0.445 e. The topological polar surface area (TPSA) is 200 Å². The van der Waals surface area contributed by atoms with Crippen LogP contribution in [-0.4, -0.2) is 87.3 Å². The first kappa shape index (κ1) is 35.0. The highest BCUT2D eigenvalue weighted by atomic mass is 16.5. The van der Waals surface area contributed by atoms with Crippen molar-refractivity contribution in [2.45, 2.75) is 88.9 Å². The molecule has 0 radical (unpaired) electrons. The predicted molar refractivity (Wildman–Crippen MR) is 164 cm³/mol. The molecule has 13 heteroatoms. The zero-order valence-electron chi connectivity index (χ0n) is 25.8. The number of benzene rings is 2. The third-order valence-corrected chi connectivity index (χ3v) is 7.82. The number of carbonyl (C=O) groups excluding carboxylic acids is 5. The third kappa shape index (κ3) is 10.3. The number of aliphatic hydroxyl groups is 2. The molecular formula is C32H43N5O8. The van der Waals surface area contributed by atoms with Crippen LogP contribution >= 0.6 is 0 Å². The lowest BCUT2D eigenvalue weighted by Crippen LogP contribution is -2.60. The summed E-state index contributed by atoms with van der Waals surface area (Å²) in [5, 5.41) is 29.1. The van der Waals surface area contributed by atoms with E-state index in [9.17, 15) is 34.2 Å². The van der Waals surface area contributed by atoms with Gasteiger partial charge in [0, 0.05) is 6.54 Å². The van der Waals surface area contributed by atoms with Crippen LogP contribution in [0, 0.1) is 0 Å². The van der Waals surface area contributed by atoms with Crippen LogP contribution in [-0.2, 0) is 36.9 Å². The Bertz CT molecular complexity index is 1320. The number of rotatable bonds is 14. The molecule has 7 N–H and O–H groups in total. The minimum Gasteiger partial charge on any atom is -0.445 e. The first-order chi connectivity index (χ1) is 21.3. The highest BCUT2D eigenvalue weighted by molar-refractivity contribution is 5.93. The number of ether oxygens (including phenoxy) is 1. The lowest BCUT2D eigenvalue weighted by Gasteiger charge is -2.34. The Morgan fingerprint density at radius 1 is 0.978 bits per heavy atom. The van der Waals surface area contributed by atoms with Gasteiger partial charge in [-0.2, -0.15) is 0 Å². The number of amides is 5. The maximum absolute atomic E-state index is 13.6. The van der Waals surface area contributed by atoms with Gasteiger partial charge in [0.15, 0.2) is 6.10 Å². The maximum Gasteiger partial charge on any atom is 0.408 e. The molecule has 2 aromatic rings. The van der Waals surface area contributed by atoms with Crippen LogP contribution in [0.2, 0.25) is 0 Å². The van der Waals surface area contributed by atoms with Gasteiger partial charge >= 0.3 is 6.09 Å². The summed E-state index contributed by atoms with van der Waals surface area (Å²) in [6, 6.07) is 14.1. The van der Waals surface area contributed by atoms with Crippen molar-refractivity contribution in [2.24, 2.45) is 5.73 Å². The average molecular weight is 626 g/mol. The van der Waals surface area contributed by atoms with E-state index in [0.717, 1.165) is 0 Å². The molecule has 45 heavy (non-hydrogen) atoms. The minimum absolute atomic E-state index is 0.0149. The molecule has 1 aliphatic rings. The number of primary amides is 1. The van der Waals surface area contributed by atoms with Crippen molar-refractivity contribution in [1.82, 2.24) is 20.9 Å². The summed E-state index contributed by atoms with van der Waals surface area (Å²) in [6.45, 7) is 4.98. The normalized spacial score (nSPS) is 17.4. The number of hydrogen-bond donors (Lipinski definition) is 6. The Morgan fingerprint density at radius 3 is 2.16 bits per heavy atom. The molecule has 13 nitrogen and oxygen atoms in total. The molecule has 0 bridgehead atoms. The Morgan fingerprint density at radius 2 is 1.58 bits per heavy atom. The summed E-state index contributed by atoms with van der Waals surface area (Å²) in [7, 11) is 0. The van der Waals surface area contributed by atoms with Crippen LogP contribution in [0.4, 0.5) is 4.79 Å². The van der Waals surface area contributed by atoms with Gasteiger partial charge in [-0.3, -0.25) is 19.2 Å². The number of aliphatic hydroxyl groups excluding tert-OH is 2. The van der Waals surface area contributed by atoms with E-state index in [4.69, 9.17) is 10.5 Å². The molecule has 2 aromatic carbocycles. The Hall–Kier alpha value is -4.49. The van der Waals surface area contributed by atoms with Crippen molar-refractivity contribution in [1.29, 1.82) is 0 Å². The van der Waals surface area contributed by atoms with Gasteiger partial charge in [0.1, 0.15) is 18.7 Å². The average Bonchev–Trinajstić information content (AvgIpc) is 3.49. The molecule has 244 valence electrons. The molecule has 3 rings (SSSR count). The molecule has 1 heterocycles. The highest BCUT2D eigenvalue weighted by Gasteiger charge is 2.41. The molecule has 0 saturated carbocycles. The molecule has 5 atom stereocenters. The monoisotopic (exact) mass is 625 g/mol. The van der Waals surface area contributed by atoms with Gasteiger partial charge in [0.05, 0.1) is 24.1 Å². The van der Waals surface area contributed by atoms with Crippen LogP contribution in [0.1, 0.15) is 51.2 Å². The number of nitrogens with two attached hydrogens (primary N) is 1. The van der Waals surface area contributed by atoms with Crippen molar-refractivity contribution < 1.29 is 38.9 Å². The molecular weight excluding hydrogens is 582 g/mol.